The van der Waals surface area contributed by atoms with Gasteiger partial charge in [0.1, 0.15) is 0 Å². The molecule has 0 spiro atoms. The molecule has 0 saturated heterocycles. The highest BCUT2D eigenvalue weighted by Crippen LogP contribution is 2.34. The Bertz CT molecular complexity index is 335. The first-order valence-electron chi connectivity index (χ1n) is 5.49. The molecule has 17 heavy (non-hydrogen) atoms. The molecule has 98 valence electrons. The minimum Gasteiger partial charge on any atom is -0.505 e. The highest BCUT2D eigenvalue weighted by Gasteiger charge is 2.11. The molecule has 0 aliphatic rings. The van der Waals surface area contributed by atoms with Gasteiger partial charge in [-0.1, -0.05) is 49.4 Å². The smallest absolute Gasteiger partial charge is 0.152 e. The van der Waals surface area contributed by atoms with Crippen LogP contribution in [0.2, 0.25) is 10.0 Å². The van der Waals surface area contributed by atoms with E-state index in [0.29, 0.717) is 0 Å². The summed E-state index contributed by atoms with van der Waals surface area (Å²) in [6.07, 6.45) is 4.34. The Morgan fingerprint density at radius 3 is 2.24 bits per heavy atom. The van der Waals surface area contributed by atoms with Crippen LogP contribution in [0, 0.1) is 0 Å². The van der Waals surface area contributed by atoms with Crippen LogP contribution in [0.15, 0.2) is 12.1 Å². The van der Waals surface area contributed by atoms with Gasteiger partial charge in [0, 0.05) is 6.04 Å². The number of nitrogens with two attached hydrogens (primary N) is 1. The van der Waals surface area contributed by atoms with Crippen LogP contribution < -0.4 is 5.73 Å². The highest BCUT2D eigenvalue weighted by molar-refractivity contribution is 6.37. The number of hydrogen-bond acceptors (Lipinski definition) is 2. The van der Waals surface area contributed by atoms with Crippen molar-refractivity contribution in [3.63, 3.8) is 0 Å². The van der Waals surface area contributed by atoms with E-state index < -0.39 is 0 Å². The molecule has 1 aromatic rings. The number of hydrogen-bond donors (Lipinski definition) is 2. The lowest BCUT2D eigenvalue weighted by Crippen LogP contribution is -2.10. The first-order chi connectivity index (χ1) is 7.56. The van der Waals surface area contributed by atoms with E-state index in [0.717, 1.165) is 18.4 Å². The molecule has 0 radical (unpaired) electrons. The minimum atomic E-state index is -0.0761. The predicted molar refractivity (Wildman–Crippen MR) is 76.4 cm³/mol. The van der Waals surface area contributed by atoms with Gasteiger partial charge in [0.15, 0.2) is 5.75 Å². The van der Waals surface area contributed by atoms with Crippen molar-refractivity contribution < 1.29 is 5.11 Å². The number of benzene rings is 1. The van der Waals surface area contributed by atoms with Crippen molar-refractivity contribution in [3.05, 3.63) is 27.7 Å². The van der Waals surface area contributed by atoms with Crippen molar-refractivity contribution in [1.29, 1.82) is 0 Å². The van der Waals surface area contributed by atoms with E-state index in [9.17, 15) is 5.11 Å². The maximum atomic E-state index is 9.42. The quantitative estimate of drug-likeness (QED) is 0.774. The van der Waals surface area contributed by atoms with Crippen molar-refractivity contribution in [3.8, 4) is 5.75 Å². The molecule has 0 amide bonds. The lowest BCUT2D eigenvalue weighted by Gasteiger charge is -2.13. The number of phenolic OH excluding ortho intramolecular Hbond substituents is 1. The SMILES string of the molecule is CCCCC[C@@H](N)c1cc(Cl)c(O)c(Cl)c1.Cl. The number of phenols is 1. The van der Waals surface area contributed by atoms with E-state index >= 15 is 0 Å². The fourth-order valence-electron chi connectivity index (χ4n) is 1.58. The summed E-state index contributed by atoms with van der Waals surface area (Å²) >= 11 is 11.7. The lowest BCUT2D eigenvalue weighted by atomic mass is 10.0. The Kier molecular flexibility index (Phi) is 7.97. The predicted octanol–water partition coefficient (Wildman–Crippen LogP) is 4.70. The Hall–Kier alpha value is -0.150. The minimum absolute atomic E-state index is 0. The standard InChI is InChI=1S/C12H17Cl2NO.ClH/c1-2-3-4-5-11(15)8-6-9(13)12(16)10(14)7-8;/h6-7,11,16H,2-5,15H2,1H3;1H/t11-;/m1./s1. The Labute approximate surface area is 119 Å². The van der Waals surface area contributed by atoms with Crippen LogP contribution in [0.3, 0.4) is 0 Å². The second-order valence-corrected chi connectivity index (χ2v) is 4.75. The molecular weight excluding hydrogens is 280 g/mol. The molecular formula is C12H18Cl3NO. The Balaban J connectivity index is 0.00000256. The van der Waals surface area contributed by atoms with E-state index in [1.54, 1.807) is 12.1 Å². The summed E-state index contributed by atoms with van der Waals surface area (Å²) in [7, 11) is 0. The molecule has 1 rings (SSSR count). The summed E-state index contributed by atoms with van der Waals surface area (Å²) in [5, 5.41) is 9.94. The third kappa shape index (κ3) is 4.92. The summed E-state index contributed by atoms with van der Waals surface area (Å²) in [6, 6.07) is 3.29. The molecule has 0 aliphatic heterocycles. The van der Waals surface area contributed by atoms with Crippen LogP contribution in [0.5, 0.6) is 5.75 Å². The first-order valence-corrected chi connectivity index (χ1v) is 6.25. The van der Waals surface area contributed by atoms with Gasteiger partial charge < -0.3 is 10.8 Å². The van der Waals surface area contributed by atoms with E-state index in [-0.39, 0.29) is 34.2 Å². The number of unbranched alkanes of at least 4 members (excludes halogenated alkanes) is 2. The van der Waals surface area contributed by atoms with Crippen molar-refractivity contribution >= 4 is 35.6 Å². The molecule has 3 N–H and O–H groups in total. The summed E-state index contributed by atoms with van der Waals surface area (Å²) in [5.41, 5.74) is 6.90. The van der Waals surface area contributed by atoms with Gasteiger partial charge in [-0.05, 0) is 24.1 Å². The maximum Gasteiger partial charge on any atom is 0.152 e. The molecule has 5 heteroatoms. The molecule has 0 aliphatic carbocycles. The van der Waals surface area contributed by atoms with Gasteiger partial charge >= 0.3 is 0 Å². The molecule has 0 saturated carbocycles. The van der Waals surface area contributed by atoms with Crippen molar-refractivity contribution in [2.45, 2.75) is 38.6 Å². The van der Waals surface area contributed by atoms with E-state index in [4.69, 9.17) is 28.9 Å². The third-order valence-electron chi connectivity index (χ3n) is 2.59. The second kappa shape index (κ2) is 8.04. The van der Waals surface area contributed by atoms with Gasteiger partial charge in [-0.2, -0.15) is 0 Å². The van der Waals surface area contributed by atoms with Crippen LogP contribution in [-0.2, 0) is 0 Å². The van der Waals surface area contributed by atoms with Crippen LogP contribution in [0.4, 0.5) is 0 Å². The van der Waals surface area contributed by atoms with Crippen LogP contribution in [-0.4, -0.2) is 5.11 Å². The summed E-state index contributed by atoms with van der Waals surface area (Å²) < 4.78 is 0. The maximum absolute atomic E-state index is 9.42. The summed E-state index contributed by atoms with van der Waals surface area (Å²) in [4.78, 5) is 0. The van der Waals surface area contributed by atoms with E-state index in [1.165, 1.54) is 12.8 Å². The molecule has 1 atom stereocenters. The first kappa shape index (κ1) is 16.9. The van der Waals surface area contributed by atoms with Gasteiger partial charge in [-0.3, -0.25) is 0 Å². The number of aromatic hydroxyl groups is 1. The topological polar surface area (TPSA) is 46.2 Å². The highest BCUT2D eigenvalue weighted by atomic mass is 35.5. The molecule has 0 fully saturated rings. The molecule has 0 heterocycles. The van der Waals surface area contributed by atoms with Gasteiger partial charge in [0.2, 0.25) is 0 Å². The largest absolute Gasteiger partial charge is 0.505 e. The van der Waals surface area contributed by atoms with Gasteiger partial charge in [0.25, 0.3) is 0 Å². The molecule has 2 nitrogen and oxygen atoms in total. The zero-order valence-electron chi connectivity index (χ0n) is 9.75. The normalized spacial score (nSPS) is 12.0. The van der Waals surface area contributed by atoms with E-state index in [2.05, 4.69) is 6.92 Å². The fraction of sp³-hybridized carbons (Fsp3) is 0.500. The molecule has 0 unspecified atom stereocenters. The van der Waals surface area contributed by atoms with Crippen LogP contribution >= 0.6 is 35.6 Å². The van der Waals surface area contributed by atoms with Crippen molar-refractivity contribution in [1.82, 2.24) is 0 Å². The molecule has 0 aromatic heterocycles. The van der Waals surface area contributed by atoms with E-state index in [1.807, 2.05) is 0 Å². The van der Waals surface area contributed by atoms with Crippen molar-refractivity contribution in [2.75, 3.05) is 0 Å². The fourth-order valence-corrected chi connectivity index (χ4v) is 2.08. The average Bonchev–Trinajstić information content (AvgIpc) is 2.25. The van der Waals surface area contributed by atoms with Crippen LogP contribution in [0.25, 0.3) is 0 Å². The summed E-state index contributed by atoms with van der Waals surface area (Å²) in [6.45, 7) is 2.15. The monoisotopic (exact) mass is 297 g/mol. The summed E-state index contributed by atoms with van der Waals surface area (Å²) in [5.74, 6) is -0.0761. The molecule has 0 bridgehead atoms. The van der Waals surface area contributed by atoms with Gasteiger partial charge in [-0.15, -0.1) is 12.4 Å². The van der Waals surface area contributed by atoms with Crippen molar-refractivity contribution in [2.24, 2.45) is 5.73 Å². The van der Waals surface area contributed by atoms with Gasteiger partial charge in [-0.25, -0.2) is 0 Å². The molecule has 1 aromatic carbocycles. The zero-order chi connectivity index (χ0) is 12.1. The Morgan fingerprint density at radius 1 is 1.24 bits per heavy atom. The lowest BCUT2D eigenvalue weighted by molar-refractivity contribution is 0.475. The zero-order valence-corrected chi connectivity index (χ0v) is 12.1. The third-order valence-corrected chi connectivity index (χ3v) is 3.16. The average molecular weight is 299 g/mol. The number of rotatable bonds is 5. The number of halogens is 3. The Morgan fingerprint density at radius 2 is 1.76 bits per heavy atom. The second-order valence-electron chi connectivity index (χ2n) is 3.94. The van der Waals surface area contributed by atoms with Crippen LogP contribution in [0.1, 0.15) is 44.2 Å². The van der Waals surface area contributed by atoms with Gasteiger partial charge in [0.05, 0.1) is 10.0 Å².